The molecule has 35 valence electrons. The molecule has 0 spiro atoms. The highest BCUT2D eigenvalue weighted by Gasteiger charge is 1.80. The van der Waals surface area contributed by atoms with E-state index in [9.17, 15) is 0 Å². The SMILES string of the molecule is CSCN([Si])P. The van der Waals surface area contributed by atoms with E-state index in [-0.39, 0.29) is 0 Å². The van der Waals surface area contributed by atoms with Crippen LogP contribution in [0.5, 0.6) is 0 Å². The first kappa shape index (κ1) is 6.96. The fourth-order valence-corrected chi connectivity index (χ4v) is 1.25. The Morgan fingerprint density at radius 1 is 2.00 bits per heavy atom. The van der Waals surface area contributed by atoms with Crippen molar-refractivity contribution in [2.45, 2.75) is 0 Å². The van der Waals surface area contributed by atoms with Gasteiger partial charge in [0.15, 0.2) is 0 Å². The minimum atomic E-state index is 1.00. The molecule has 0 bridgehead atoms. The van der Waals surface area contributed by atoms with Gasteiger partial charge in [-0.15, -0.1) is 0 Å². The van der Waals surface area contributed by atoms with Gasteiger partial charge in [-0.05, 0) is 6.26 Å². The summed E-state index contributed by atoms with van der Waals surface area (Å²) in [6.45, 7) is 0. The summed E-state index contributed by atoms with van der Waals surface area (Å²) in [6, 6.07) is 0. The summed E-state index contributed by atoms with van der Waals surface area (Å²) in [7, 11) is 5.76. The minimum absolute atomic E-state index is 1.00. The molecule has 4 heteroatoms. The van der Waals surface area contributed by atoms with Crippen LogP contribution in [-0.4, -0.2) is 26.9 Å². The number of thioether (sulfide) groups is 1. The van der Waals surface area contributed by atoms with E-state index in [2.05, 4.69) is 26.1 Å². The molecule has 0 aromatic carbocycles. The van der Waals surface area contributed by atoms with Gasteiger partial charge in [0.2, 0.25) is 0 Å². The highest BCUT2D eigenvalue weighted by molar-refractivity contribution is 7.98. The van der Waals surface area contributed by atoms with Crippen molar-refractivity contribution >= 4 is 31.6 Å². The lowest BCUT2D eigenvalue weighted by Crippen LogP contribution is -2.02. The lowest BCUT2D eigenvalue weighted by molar-refractivity contribution is 0.883. The van der Waals surface area contributed by atoms with Gasteiger partial charge in [0, 0.05) is 5.88 Å². The Hall–Kier alpha value is 0.957. The second kappa shape index (κ2) is 4.12. The van der Waals surface area contributed by atoms with E-state index in [1.165, 1.54) is 0 Å². The number of rotatable bonds is 2. The summed E-state index contributed by atoms with van der Waals surface area (Å²) in [6.07, 6.45) is 2.05. The van der Waals surface area contributed by atoms with E-state index in [4.69, 9.17) is 0 Å². The van der Waals surface area contributed by atoms with E-state index in [0.717, 1.165) is 5.88 Å². The lowest BCUT2D eigenvalue weighted by atomic mass is 11.5. The molecule has 0 saturated heterocycles. The van der Waals surface area contributed by atoms with Crippen LogP contribution in [0.15, 0.2) is 0 Å². The van der Waals surface area contributed by atoms with Crippen molar-refractivity contribution in [3.05, 3.63) is 0 Å². The number of nitrogens with zero attached hydrogens (tertiary/aromatic N) is 1. The first-order chi connectivity index (χ1) is 2.77. The topological polar surface area (TPSA) is 3.24 Å². The molecule has 1 unspecified atom stereocenters. The summed E-state index contributed by atoms with van der Waals surface area (Å²) in [5.74, 6) is 1.00. The smallest absolute Gasteiger partial charge is 0.149 e. The molecule has 6 heavy (non-hydrogen) atoms. The summed E-state index contributed by atoms with van der Waals surface area (Å²) in [4.78, 5) is 0. The lowest BCUT2D eigenvalue weighted by Gasteiger charge is -2.02. The number of hydrogen-bond acceptors (Lipinski definition) is 2. The van der Waals surface area contributed by atoms with Crippen LogP contribution in [0, 0.1) is 0 Å². The summed E-state index contributed by atoms with van der Waals surface area (Å²) in [5.41, 5.74) is 0. The molecule has 0 aromatic heterocycles. The van der Waals surface area contributed by atoms with Crippen molar-refractivity contribution < 1.29 is 0 Å². The van der Waals surface area contributed by atoms with Crippen LogP contribution in [0.1, 0.15) is 0 Å². The zero-order valence-electron chi connectivity index (χ0n) is 3.64. The average Bonchev–Trinajstić information content (AvgIpc) is 1.35. The maximum atomic E-state index is 3.25. The van der Waals surface area contributed by atoms with Crippen molar-refractivity contribution in [1.82, 2.24) is 4.34 Å². The molecule has 0 aliphatic rings. The molecule has 1 atom stereocenters. The largest absolute Gasteiger partial charge is 0.302 e. The molecule has 1 nitrogen and oxygen atoms in total. The van der Waals surface area contributed by atoms with E-state index in [1.54, 1.807) is 11.8 Å². The van der Waals surface area contributed by atoms with E-state index < -0.39 is 0 Å². The quantitative estimate of drug-likeness (QED) is 0.308. The van der Waals surface area contributed by atoms with Crippen LogP contribution in [0.4, 0.5) is 0 Å². The van der Waals surface area contributed by atoms with Crippen LogP contribution < -0.4 is 0 Å². The monoisotopic (exact) mass is 136 g/mol. The fraction of sp³-hybridized carbons (Fsp3) is 1.00. The number of hydrogen-bond donors (Lipinski definition) is 0. The van der Waals surface area contributed by atoms with Crippen LogP contribution in [0.2, 0.25) is 0 Å². The van der Waals surface area contributed by atoms with Gasteiger partial charge in [0.05, 0.1) is 0 Å². The maximum absolute atomic E-state index is 3.25. The van der Waals surface area contributed by atoms with Crippen molar-refractivity contribution in [2.75, 3.05) is 12.1 Å². The van der Waals surface area contributed by atoms with Crippen LogP contribution in [0.25, 0.3) is 0 Å². The highest BCUT2D eigenvalue weighted by Crippen LogP contribution is 1.98. The molecule has 0 aliphatic carbocycles. The molecule has 0 amide bonds. The van der Waals surface area contributed by atoms with E-state index in [0.29, 0.717) is 0 Å². The van der Waals surface area contributed by atoms with Crippen molar-refractivity contribution in [3.63, 3.8) is 0 Å². The van der Waals surface area contributed by atoms with Gasteiger partial charge in [-0.2, -0.15) is 11.8 Å². The molecular weight excluding hydrogens is 129 g/mol. The van der Waals surface area contributed by atoms with Gasteiger partial charge in [-0.25, -0.2) is 0 Å². The van der Waals surface area contributed by atoms with Gasteiger partial charge >= 0.3 is 0 Å². The Labute approximate surface area is 48.6 Å². The zero-order valence-corrected chi connectivity index (χ0v) is 6.61. The van der Waals surface area contributed by atoms with Crippen LogP contribution in [0.3, 0.4) is 0 Å². The molecule has 0 aromatic rings. The molecule has 0 N–H and O–H groups in total. The molecule has 0 rings (SSSR count). The fourth-order valence-electron chi connectivity index (χ4n) is 0.139. The second-order valence-corrected chi connectivity index (χ2v) is 3.44. The third-order valence-electron chi connectivity index (χ3n) is 0.268. The van der Waals surface area contributed by atoms with E-state index >= 15 is 0 Å². The van der Waals surface area contributed by atoms with Gasteiger partial charge in [-0.3, -0.25) is 0 Å². The Morgan fingerprint density at radius 2 is 2.50 bits per heavy atom. The van der Waals surface area contributed by atoms with E-state index in [1.807, 2.05) is 4.34 Å². The second-order valence-electron chi connectivity index (χ2n) is 0.888. The van der Waals surface area contributed by atoms with Crippen LogP contribution >= 0.6 is 21.2 Å². The summed E-state index contributed by atoms with van der Waals surface area (Å²) >= 11 is 1.77. The zero-order chi connectivity index (χ0) is 4.99. The minimum Gasteiger partial charge on any atom is -0.302 e. The molecule has 0 saturated carbocycles. The molecule has 0 heterocycles. The standard InChI is InChI=1S/C2H7NPSSi/c1-5-2-3(4)6/h2,4H2,1H3. The predicted molar refractivity (Wildman–Crippen MR) is 35.7 cm³/mol. The van der Waals surface area contributed by atoms with Gasteiger partial charge in [0.1, 0.15) is 10.4 Å². The Morgan fingerprint density at radius 3 is 2.50 bits per heavy atom. The van der Waals surface area contributed by atoms with Crippen molar-refractivity contribution in [3.8, 4) is 0 Å². The molecular formula is C2H7NPSSi. The van der Waals surface area contributed by atoms with Crippen molar-refractivity contribution in [2.24, 2.45) is 0 Å². The molecule has 0 aliphatic heterocycles. The van der Waals surface area contributed by atoms with Gasteiger partial charge < -0.3 is 4.34 Å². The normalized spacial score (nSPS) is 10.0. The maximum Gasteiger partial charge on any atom is 0.149 e. The summed E-state index contributed by atoms with van der Waals surface area (Å²) in [5, 5.41) is 0. The van der Waals surface area contributed by atoms with Crippen LogP contribution in [-0.2, 0) is 0 Å². The highest BCUT2D eigenvalue weighted by atomic mass is 32.2. The third kappa shape index (κ3) is 4.96. The Kier molecular flexibility index (Phi) is 4.78. The molecule has 3 radical (unpaired) electrons. The van der Waals surface area contributed by atoms with Gasteiger partial charge in [0.25, 0.3) is 0 Å². The third-order valence-corrected chi connectivity index (χ3v) is 1.64. The Balaban J connectivity index is 2.63. The average molecular weight is 136 g/mol. The molecule has 0 fully saturated rings. The Bertz CT molecular complexity index is 34.7. The van der Waals surface area contributed by atoms with Crippen molar-refractivity contribution in [1.29, 1.82) is 0 Å². The first-order valence-electron chi connectivity index (χ1n) is 1.49. The summed E-state index contributed by atoms with van der Waals surface area (Å²) < 4.78 is 1.87. The van der Waals surface area contributed by atoms with Gasteiger partial charge in [-0.1, -0.05) is 9.39 Å². The first-order valence-corrected chi connectivity index (χ1v) is 3.85. The predicted octanol–water partition coefficient (Wildman–Crippen LogP) is 0.482.